The highest BCUT2D eigenvalue weighted by molar-refractivity contribution is 9.10. The third-order valence-corrected chi connectivity index (χ3v) is 4.44. The largest absolute Gasteiger partial charge is 0.396 e. The van der Waals surface area contributed by atoms with Crippen LogP contribution in [-0.2, 0) is 12.8 Å². The summed E-state index contributed by atoms with van der Waals surface area (Å²) in [4.78, 5) is 0. The van der Waals surface area contributed by atoms with E-state index in [1.54, 1.807) is 6.07 Å². The van der Waals surface area contributed by atoms with Crippen molar-refractivity contribution in [3.8, 4) is 0 Å². The summed E-state index contributed by atoms with van der Waals surface area (Å²) in [6.45, 7) is -0.331. The van der Waals surface area contributed by atoms with E-state index in [-0.39, 0.29) is 19.0 Å². The molecule has 0 saturated heterocycles. The Hall–Kier alpha value is -1.23. The quantitative estimate of drug-likeness (QED) is 0.836. The lowest BCUT2D eigenvalue weighted by Gasteiger charge is -2.30. The average Bonchev–Trinajstić information content (AvgIpc) is 2.51. The van der Waals surface area contributed by atoms with Gasteiger partial charge in [-0.05, 0) is 42.2 Å². The zero-order valence-corrected chi connectivity index (χ0v) is 13.2. The van der Waals surface area contributed by atoms with Gasteiger partial charge in [0.25, 0.3) is 0 Å². The Morgan fingerprint density at radius 3 is 2.24 bits per heavy atom. The molecule has 0 aliphatic heterocycles. The molecule has 0 amide bonds. The maximum Gasteiger partial charge on any atom is 0.123 e. The summed E-state index contributed by atoms with van der Waals surface area (Å²) in [5.74, 6) is -0.322. The van der Waals surface area contributed by atoms with Gasteiger partial charge in [-0.25, -0.2) is 4.39 Å². The van der Waals surface area contributed by atoms with E-state index in [0.717, 1.165) is 15.6 Å². The molecule has 112 valence electrons. The van der Waals surface area contributed by atoms with Gasteiger partial charge in [-0.3, -0.25) is 0 Å². The number of benzene rings is 2. The van der Waals surface area contributed by atoms with Gasteiger partial charge >= 0.3 is 0 Å². The van der Waals surface area contributed by atoms with Gasteiger partial charge < -0.3 is 10.2 Å². The van der Waals surface area contributed by atoms with E-state index in [1.165, 1.54) is 12.1 Å². The number of aliphatic hydroxyl groups is 2. The smallest absolute Gasteiger partial charge is 0.123 e. The minimum Gasteiger partial charge on any atom is -0.396 e. The molecule has 0 atom stereocenters. The molecule has 4 heteroatoms. The van der Waals surface area contributed by atoms with Crippen LogP contribution in [0.15, 0.2) is 53.0 Å². The van der Waals surface area contributed by atoms with Crippen LogP contribution in [0.3, 0.4) is 0 Å². The summed E-state index contributed by atoms with van der Waals surface area (Å²) >= 11 is 3.40. The Morgan fingerprint density at radius 1 is 0.952 bits per heavy atom. The molecule has 0 aromatic heterocycles. The SMILES string of the molecule is OCC(CO)(Cc1ccccc1)Cc1cc(F)ccc1Br. The van der Waals surface area contributed by atoms with E-state index in [9.17, 15) is 14.6 Å². The molecule has 0 fully saturated rings. The van der Waals surface area contributed by atoms with Crippen LogP contribution < -0.4 is 0 Å². The first-order chi connectivity index (χ1) is 10.1. The fourth-order valence-electron chi connectivity index (χ4n) is 2.45. The van der Waals surface area contributed by atoms with E-state index in [2.05, 4.69) is 15.9 Å². The lowest BCUT2D eigenvalue weighted by atomic mass is 9.78. The second-order valence-corrected chi connectivity index (χ2v) is 6.25. The van der Waals surface area contributed by atoms with E-state index in [0.29, 0.717) is 12.8 Å². The molecule has 2 nitrogen and oxygen atoms in total. The van der Waals surface area contributed by atoms with Gasteiger partial charge in [-0.1, -0.05) is 46.3 Å². The summed E-state index contributed by atoms with van der Waals surface area (Å²) in [5.41, 5.74) is 1.07. The Labute approximate surface area is 132 Å². The lowest BCUT2D eigenvalue weighted by molar-refractivity contribution is 0.0546. The van der Waals surface area contributed by atoms with E-state index in [4.69, 9.17) is 0 Å². The molecule has 2 rings (SSSR count). The summed E-state index contributed by atoms with van der Waals surface area (Å²) in [6, 6.07) is 14.2. The van der Waals surface area contributed by atoms with Crippen LogP contribution in [0.25, 0.3) is 0 Å². The lowest BCUT2D eigenvalue weighted by Crippen LogP contribution is -2.35. The standard InChI is InChI=1S/C17H18BrFO2/c18-16-7-6-15(19)8-14(16)10-17(11-20,12-21)9-13-4-2-1-3-5-13/h1-8,20-21H,9-12H2. The van der Waals surface area contributed by atoms with Crippen LogP contribution in [0, 0.1) is 11.2 Å². The van der Waals surface area contributed by atoms with Gasteiger partial charge in [-0.2, -0.15) is 0 Å². The number of hydrogen-bond donors (Lipinski definition) is 2. The number of halogens is 2. The van der Waals surface area contributed by atoms with Crippen molar-refractivity contribution in [2.45, 2.75) is 12.8 Å². The van der Waals surface area contributed by atoms with Crippen LogP contribution >= 0.6 is 15.9 Å². The molecular formula is C17H18BrFO2. The van der Waals surface area contributed by atoms with Gasteiger partial charge in [-0.15, -0.1) is 0 Å². The molecule has 0 heterocycles. The zero-order chi connectivity index (χ0) is 15.3. The van der Waals surface area contributed by atoms with Crippen molar-refractivity contribution >= 4 is 15.9 Å². The van der Waals surface area contributed by atoms with Crippen LogP contribution in [0.4, 0.5) is 4.39 Å². The highest BCUT2D eigenvalue weighted by Gasteiger charge is 2.30. The fourth-order valence-corrected chi connectivity index (χ4v) is 2.83. The summed E-state index contributed by atoms with van der Waals surface area (Å²) in [5, 5.41) is 19.6. The molecule has 0 aliphatic rings. The third-order valence-electron chi connectivity index (χ3n) is 3.67. The first-order valence-corrected chi connectivity index (χ1v) is 7.57. The molecule has 2 aromatic carbocycles. The predicted molar refractivity (Wildman–Crippen MR) is 84.6 cm³/mol. The minimum atomic E-state index is -0.711. The highest BCUT2D eigenvalue weighted by atomic mass is 79.9. The normalized spacial score (nSPS) is 11.6. The Kier molecular flexibility index (Phi) is 5.51. The van der Waals surface area contributed by atoms with Gasteiger partial charge in [0.2, 0.25) is 0 Å². The van der Waals surface area contributed by atoms with Gasteiger partial charge in [0.15, 0.2) is 0 Å². The molecule has 0 aliphatic carbocycles. The molecule has 21 heavy (non-hydrogen) atoms. The van der Waals surface area contributed by atoms with Gasteiger partial charge in [0.05, 0.1) is 13.2 Å². The molecule has 0 spiro atoms. The maximum absolute atomic E-state index is 13.4. The van der Waals surface area contributed by atoms with Crippen molar-refractivity contribution in [3.63, 3.8) is 0 Å². The average molecular weight is 353 g/mol. The van der Waals surface area contributed by atoms with Crippen LogP contribution in [0.2, 0.25) is 0 Å². The number of hydrogen-bond acceptors (Lipinski definition) is 2. The minimum absolute atomic E-state index is 0.165. The molecule has 0 bridgehead atoms. The molecule has 0 unspecified atom stereocenters. The van der Waals surface area contributed by atoms with Gasteiger partial charge in [0, 0.05) is 9.89 Å². The van der Waals surface area contributed by atoms with Crippen molar-refractivity contribution in [3.05, 3.63) is 69.9 Å². The molecule has 0 saturated carbocycles. The third kappa shape index (κ3) is 4.13. The van der Waals surface area contributed by atoms with Crippen molar-refractivity contribution in [1.82, 2.24) is 0 Å². The fraction of sp³-hybridized carbons (Fsp3) is 0.294. The summed E-state index contributed by atoms with van der Waals surface area (Å²) < 4.78 is 14.2. The van der Waals surface area contributed by atoms with Crippen molar-refractivity contribution < 1.29 is 14.6 Å². The molecule has 0 radical (unpaired) electrons. The Morgan fingerprint density at radius 2 is 1.62 bits per heavy atom. The molecular weight excluding hydrogens is 335 g/mol. The summed E-state index contributed by atoms with van der Waals surface area (Å²) in [7, 11) is 0. The van der Waals surface area contributed by atoms with Crippen molar-refractivity contribution in [1.29, 1.82) is 0 Å². The van der Waals surface area contributed by atoms with Crippen molar-refractivity contribution in [2.24, 2.45) is 5.41 Å². The monoisotopic (exact) mass is 352 g/mol. The second kappa shape index (κ2) is 7.16. The van der Waals surface area contributed by atoms with Crippen LogP contribution in [-0.4, -0.2) is 23.4 Å². The van der Waals surface area contributed by atoms with Crippen molar-refractivity contribution in [2.75, 3.05) is 13.2 Å². The number of aliphatic hydroxyl groups excluding tert-OH is 2. The molecule has 2 N–H and O–H groups in total. The van der Waals surface area contributed by atoms with Crippen LogP contribution in [0.1, 0.15) is 11.1 Å². The first-order valence-electron chi connectivity index (χ1n) is 6.78. The molecule has 2 aromatic rings. The van der Waals surface area contributed by atoms with E-state index >= 15 is 0 Å². The number of rotatable bonds is 6. The predicted octanol–water partition coefficient (Wildman–Crippen LogP) is 3.34. The maximum atomic E-state index is 13.4. The first kappa shape index (κ1) is 16.1. The second-order valence-electron chi connectivity index (χ2n) is 5.39. The van der Waals surface area contributed by atoms with E-state index < -0.39 is 5.41 Å². The Balaban J connectivity index is 2.27. The summed E-state index contributed by atoms with van der Waals surface area (Å²) in [6.07, 6.45) is 0.928. The Bertz CT molecular complexity index is 583. The zero-order valence-electron chi connectivity index (χ0n) is 11.6. The highest BCUT2D eigenvalue weighted by Crippen LogP contribution is 2.30. The van der Waals surface area contributed by atoms with Crippen LogP contribution in [0.5, 0.6) is 0 Å². The van der Waals surface area contributed by atoms with Gasteiger partial charge in [0.1, 0.15) is 5.82 Å². The van der Waals surface area contributed by atoms with E-state index in [1.807, 2.05) is 30.3 Å². The topological polar surface area (TPSA) is 40.5 Å².